The summed E-state index contributed by atoms with van der Waals surface area (Å²) in [6.07, 6.45) is 2.12. The summed E-state index contributed by atoms with van der Waals surface area (Å²) in [5, 5.41) is 0. The molecule has 0 saturated carbocycles. The molecular formula is C12H19N3O3. The first-order chi connectivity index (χ1) is 8.65. The fraction of sp³-hybridized carbons (Fsp3) is 0.500. The number of pyridine rings is 1. The third-order valence-corrected chi connectivity index (χ3v) is 2.25. The Hall–Kier alpha value is -1.82. The van der Waals surface area contributed by atoms with Crippen LogP contribution in [-0.2, 0) is 4.74 Å². The molecule has 6 nitrogen and oxygen atoms in total. The number of primary amides is 1. The molecule has 1 heterocycles. The van der Waals surface area contributed by atoms with Gasteiger partial charge in [0, 0.05) is 6.61 Å². The van der Waals surface area contributed by atoms with Crippen LogP contribution in [-0.4, -0.2) is 30.7 Å². The van der Waals surface area contributed by atoms with Gasteiger partial charge in [-0.1, -0.05) is 13.3 Å². The predicted octanol–water partition coefficient (Wildman–Crippen LogP) is 0.958. The van der Waals surface area contributed by atoms with E-state index in [1.807, 2.05) is 0 Å². The van der Waals surface area contributed by atoms with Crippen molar-refractivity contribution in [2.24, 2.45) is 5.73 Å². The number of carbonyl (C=O) groups is 1. The molecule has 0 radical (unpaired) electrons. The number of carbonyl (C=O) groups excluding carboxylic acids is 1. The highest BCUT2D eigenvalue weighted by Gasteiger charge is 2.07. The molecule has 1 aromatic rings. The van der Waals surface area contributed by atoms with Crippen molar-refractivity contribution in [2.45, 2.75) is 19.8 Å². The van der Waals surface area contributed by atoms with E-state index < -0.39 is 5.91 Å². The van der Waals surface area contributed by atoms with Crippen molar-refractivity contribution in [3.8, 4) is 5.88 Å². The number of amides is 1. The van der Waals surface area contributed by atoms with Crippen molar-refractivity contribution in [1.29, 1.82) is 0 Å². The quantitative estimate of drug-likeness (QED) is 0.672. The van der Waals surface area contributed by atoms with E-state index in [2.05, 4.69) is 11.9 Å². The summed E-state index contributed by atoms with van der Waals surface area (Å²) in [5.74, 6) is -0.399. The van der Waals surface area contributed by atoms with Gasteiger partial charge in [-0.25, -0.2) is 4.98 Å². The van der Waals surface area contributed by atoms with Crippen molar-refractivity contribution in [3.63, 3.8) is 0 Å². The van der Waals surface area contributed by atoms with Gasteiger partial charge in [0.25, 0.3) is 5.91 Å². The standard InChI is InChI=1S/C12H19N3O3/c1-2-3-6-17-7-8-18-12-9(13)4-5-10(15-12)11(14)16/h4-5H,2-3,6-8,13H2,1H3,(H2,14,16). The number of rotatable bonds is 8. The number of ether oxygens (including phenoxy) is 2. The lowest BCUT2D eigenvalue weighted by Crippen LogP contribution is -2.15. The molecule has 1 aromatic heterocycles. The number of unbranched alkanes of at least 4 members (excludes halogenated alkanes) is 1. The van der Waals surface area contributed by atoms with Crippen LogP contribution in [0.15, 0.2) is 12.1 Å². The number of nitrogens with two attached hydrogens (primary N) is 2. The zero-order valence-electron chi connectivity index (χ0n) is 10.5. The minimum Gasteiger partial charge on any atom is -0.474 e. The first-order valence-corrected chi connectivity index (χ1v) is 5.92. The predicted molar refractivity (Wildman–Crippen MR) is 68.4 cm³/mol. The SMILES string of the molecule is CCCCOCCOc1nc(C(N)=O)ccc1N. The molecule has 18 heavy (non-hydrogen) atoms. The van der Waals surface area contributed by atoms with Crippen LogP contribution in [0.4, 0.5) is 5.69 Å². The fourth-order valence-corrected chi connectivity index (χ4v) is 1.25. The molecular weight excluding hydrogens is 234 g/mol. The van der Waals surface area contributed by atoms with E-state index in [1.165, 1.54) is 6.07 Å². The number of nitrogens with zero attached hydrogens (tertiary/aromatic N) is 1. The van der Waals surface area contributed by atoms with Crippen molar-refractivity contribution in [1.82, 2.24) is 4.98 Å². The summed E-state index contributed by atoms with van der Waals surface area (Å²) in [5.41, 5.74) is 11.3. The Labute approximate surface area is 106 Å². The Morgan fingerprint density at radius 2 is 2.11 bits per heavy atom. The highest BCUT2D eigenvalue weighted by Crippen LogP contribution is 2.18. The number of nitrogen functional groups attached to an aromatic ring is 1. The van der Waals surface area contributed by atoms with Crippen LogP contribution in [0, 0.1) is 0 Å². The van der Waals surface area contributed by atoms with Gasteiger partial charge in [0.05, 0.1) is 12.3 Å². The molecule has 0 saturated heterocycles. The lowest BCUT2D eigenvalue weighted by molar-refractivity contribution is 0.0957. The van der Waals surface area contributed by atoms with E-state index in [0.29, 0.717) is 25.5 Å². The molecule has 1 amide bonds. The lowest BCUT2D eigenvalue weighted by Gasteiger charge is -2.08. The minimum atomic E-state index is -0.612. The molecule has 0 fully saturated rings. The van der Waals surface area contributed by atoms with Crippen molar-refractivity contribution in [2.75, 3.05) is 25.6 Å². The number of aromatic nitrogens is 1. The summed E-state index contributed by atoms with van der Waals surface area (Å²) in [6.45, 7) is 3.61. The van der Waals surface area contributed by atoms with Crippen LogP contribution in [0.2, 0.25) is 0 Å². The van der Waals surface area contributed by atoms with Gasteiger partial charge < -0.3 is 20.9 Å². The van der Waals surface area contributed by atoms with Gasteiger partial charge in [0.15, 0.2) is 0 Å². The summed E-state index contributed by atoms with van der Waals surface area (Å²) in [4.78, 5) is 14.9. The second-order valence-corrected chi connectivity index (χ2v) is 3.77. The highest BCUT2D eigenvalue weighted by atomic mass is 16.5. The van der Waals surface area contributed by atoms with Crippen molar-refractivity contribution < 1.29 is 14.3 Å². The Morgan fingerprint density at radius 1 is 1.33 bits per heavy atom. The fourth-order valence-electron chi connectivity index (χ4n) is 1.25. The van der Waals surface area contributed by atoms with Gasteiger partial charge in [0.2, 0.25) is 5.88 Å². The maximum Gasteiger partial charge on any atom is 0.267 e. The molecule has 0 spiro atoms. The zero-order chi connectivity index (χ0) is 13.4. The monoisotopic (exact) mass is 253 g/mol. The summed E-state index contributed by atoms with van der Waals surface area (Å²) < 4.78 is 10.7. The molecule has 4 N–H and O–H groups in total. The average molecular weight is 253 g/mol. The molecule has 100 valence electrons. The number of hydrogen-bond acceptors (Lipinski definition) is 5. The van der Waals surface area contributed by atoms with Crippen LogP contribution < -0.4 is 16.2 Å². The molecule has 0 aliphatic heterocycles. The zero-order valence-corrected chi connectivity index (χ0v) is 10.5. The van der Waals surface area contributed by atoms with Crippen LogP contribution >= 0.6 is 0 Å². The molecule has 0 unspecified atom stereocenters. The third kappa shape index (κ3) is 4.58. The molecule has 6 heteroatoms. The minimum absolute atomic E-state index is 0.131. The molecule has 0 aromatic carbocycles. The molecule has 0 aliphatic carbocycles. The van der Waals surface area contributed by atoms with Crippen LogP contribution in [0.25, 0.3) is 0 Å². The summed E-state index contributed by atoms with van der Waals surface area (Å²) in [6, 6.07) is 3.00. The Balaban J connectivity index is 2.41. The maximum atomic E-state index is 11.0. The van der Waals surface area contributed by atoms with E-state index in [-0.39, 0.29) is 11.6 Å². The van der Waals surface area contributed by atoms with Gasteiger partial charge in [-0.15, -0.1) is 0 Å². The molecule has 1 rings (SSSR count). The van der Waals surface area contributed by atoms with Gasteiger partial charge in [0.1, 0.15) is 12.3 Å². The Bertz CT molecular complexity index is 396. The normalized spacial score (nSPS) is 10.3. The molecule has 0 bridgehead atoms. The van der Waals surface area contributed by atoms with E-state index in [1.54, 1.807) is 6.07 Å². The highest BCUT2D eigenvalue weighted by molar-refractivity contribution is 5.91. The van der Waals surface area contributed by atoms with Crippen molar-refractivity contribution >= 4 is 11.6 Å². The van der Waals surface area contributed by atoms with Crippen LogP contribution in [0.5, 0.6) is 5.88 Å². The van der Waals surface area contributed by atoms with Crippen LogP contribution in [0.1, 0.15) is 30.3 Å². The maximum absolute atomic E-state index is 11.0. The average Bonchev–Trinajstić information content (AvgIpc) is 2.35. The first kappa shape index (κ1) is 14.2. The van der Waals surface area contributed by atoms with Crippen LogP contribution in [0.3, 0.4) is 0 Å². The van der Waals surface area contributed by atoms with Gasteiger partial charge in [-0.2, -0.15) is 0 Å². The van der Waals surface area contributed by atoms with Gasteiger partial charge >= 0.3 is 0 Å². The third-order valence-electron chi connectivity index (χ3n) is 2.25. The number of anilines is 1. The number of hydrogen-bond donors (Lipinski definition) is 2. The molecule has 0 aliphatic rings. The smallest absolute Gasteiger partial charge is 0.267 e. The van der Waals surface area contributed by atoms with E-state index in [0.717, 1.165) is 12.8 Å². The summed E-state index contributed by atoms with van der Waals surface area (Å²) >= 11 is 0. The van der Waals surface area contributed by atoms with Gasteiger partial charge in [-0.05, 0) is 18.6 Å². The van der Waals surface area contributed by atoms with Crippen molar-refractivity contribution in [3.05, 3.63) is 17.8 Å². The summed E-state index contributed by atoms with van der Waals surface area (Å²) in [7, 11) is 0. The molecule has 0 atom stereocenters. The Kier molecular flexibility index (Phi) is 5.93. The second-order valence-electron chi connectivity index (χ2n) is 3.77. The Morgan fingerprint density at radius 3 is 2.78 bits per heavy atom. The topological polar surface area (TPSA) is 100 Å². The largest absolute Gasteiger partial charge is 0.474 e. The first-order valence-electron chi connectivity index (χ1n) is 5.92. The van der Waals surface area contributed by atoms with E-state index in [9.17, 15) is 4.79 Å². The second kappa shape index (κ2) is 7.50. The lowest BCUT2D eigenvalue weighted by atomic mass is 10.3. The van der Waals surface area contributed by atoms with E-state index in [4.69, 9.17) is 20.9 Å². The van der Waals surface area contributed by atoms with E-state index >= 15 is 0 Å². The van der Waals surface area contributed by atoms with Gasteiger partial charge in [-0.3, -0.25) is 4.79 Å².